The summed E-state index contributed by atoms with van der Waals surface area (Å²) in [5.74, 6) is 0.611. The average molecular weight is 477 g/mol. The van der Waals surface area contributed by atoms with E-state index in [1.165, 1.54) is 0 Å². The van der Waals surface area contributed by atoms with Gasteiger partial charge in [0.25, 0.3) is 5.91 Å². The summed E-state index contributed by atoms with van der Waals surface area (Å²) in [5, 5.41) is 4.88. The standard InChI is InChI=1S/C22H23BrClN3O2/c1-4-27-20(18(23)12-25-27)13-26(3)22(28)17-8-6-16(7-9-17)14-29-21-11-15(2)5-10-19(21)24/h5-12H,4,13-14H2,1-3H3. The molecule has 0 bridgehead atoms. The van der Waals surface area contributed by atoms with Crippen molar-refractivity contribution >= 4 is 33.4 Å². The van der Waals surface area contributed by atoms with Crippen LogP contribution < -0.4 is 4.74 Å². The van der Waals surface area contributed by atoms with Gasteiger partial charge in [0.2, 0.25) is 0 Å². The van der Waals surface area contributed by atoms with Gasteiger partial charge in [0, 0.05) is 19.2 Å². The van der Waals surface area contributed by atoms with Crippen LogP contribution in [0.3, 0.4) is 0 Å². The Morgan fingerprint density at radius 3 is 2.66 bits per heavy atom. The molecule has 7 heteroatoms. The van der Waals surface area contributed by atoms with E-state index in [1.807, 2.05) is 61.0 Å². The molecule has 1 amide bonds. The van der Waals surface area contributed by atoms with Crippen LogP contribution >= 0.6 is 27.5 Å². The van der Waals surface area contributed by atoms with Crippen LogP contribution in [-0.4, -0.2) is 27.6 Å². The Hall–Kier alpha value is -2.31. The first-order valence-corrected chi connectivity index (χ1v) is 10.5. The summed E-state index contributed by atoms with van der Waals surface area (Å²) < 4.78 is 8.60. The lowest BCUT2D eigenvalue weighted by Crippen LogP contribution is -2.27. The van der Waals surface area contributed by atoms with E-state index in [2.05, 4.69) is 21.0 Å². The molecule has 0 atom stereocenters. The Balaban J connectivity index is 1.63. The Kier molecular flexibility index (Phi) is 6.98. The molecule has 3 aromatic rings. The number of benzene rings is 2. The lowest BCUT2D eigenvalue weighted by atomic mass is 10.1. The van der Waals surface area contributed by atoms with Crippen LogP contribution in [0.15, 0.2) is 53.1 Å². The minimum Gasteiger partial charge on any atom is -0.487 e. The second-order valence-corrected chi connectivity index (χ2v) is 8.10. The van der Waals surface area contributed by atoms with E-state index in [0.717, 1.165) is 27.8 Å². The van der Waals surface area contributed by atoms with Crippen LogP contribution in [-0.2, 0) is 19.7 Å². The first-order valence-electron chi connectivity index (χ1n) is 9.32. The molecule has 0 aliphatic heterocycles. The van der Waals surface area contributed by atoms with Gasteiger partial charge in [-0.2, -0.15) is 5.10 Å². The zero-order valence-corrected chi connectivity index (χ0v) is 19.0. The second kappa shape index (κ2) is 9.46. The maximum Gasteiger partial charge on any atom is 0.253 e. The SMILES string of the molecule is CCn1ncc(Br)c1CN(C)C(=O)c1ccc(COc2cc(C)ccc2Cl)cc1. The van der Waals surface area contributed by atoms with Crippen LogP contribution in [0.25, 0.3) is 0 Å². The van der Waals surface area contributed by atoms with Gasteiger partial charge in [0.05, 0.1) is 27.9 Å². The first-order chi connectivity index (χ1) is 13.9. The largest absolute Gasteiger partial charge is 0.487 e. The smallest absolute Gasteiger partial charge is 0.253 e. The highest BCUT2D eigenvalue weighted by molar-refractivity contribution is 9.10. The van der Waals surface area contributed by atoms with E-state index in [0.29, 0.717) is 29.5 Å². The van der Waals surface area contributed by atoms with E-state index < -0.39 is 0 Å². The summed E-state index contributed by atoms with van der Waals surface area (Å²) in [6.07, 6.45) is 1.76. The maximum atomic E-state index is 12.8. The Morgan fingerprint density at radius 2 is 1.97 bits per heavy atom. The van der Waals surface area contributed by atoms with E-state index in [9.17, 15) is 4.79 Å². The van der Waals surface area contributed by atoms with Crippen molar-refractivity contribution in [1.82, 2.24) is 14.7 Å². The predicted molar refractivity (Wildman–Crippen MR) is 118 cm³/mol. The van der Waals surface area contributed by atoms with Crippen LogP contribution in [0.2, 0.25) is 5.02 Å². The van der Waals surface area contributed by atoms with Crippen molar-refractivity contribution in [2.75, 3.05) is 7.05 Å². The van der Waals surface area contributed by atoms with Crippen LogP contribution in [0.1, 0.15) is 34.1 Å². The Morgan fingerprint density at radius 1 is 1.24 bits per heavy atom. The molecule has 0 unspecified atom stereocenters. The summed E-state index contributed by atoms with van der Waals surface area (Å²) >= 11 is 9.67. The fraction of sp³-hybridized carbons (Fsp3) is 0.273. The molecule has 1 heterocycles. The summed E-state index contributed by atoms with van der Waals surface area (Å²) in [6.45, 7) is 5.63. The molecule has 1 aromatic heterocycles. The summed E-state index contributed by atoms with van der Waals surface area (Å²) in [6, 6.07) is 13.1. The molecule has 0 N–H and O–H groups in total. The molecule has 3 rings (SSSR count). The number of aryl methyl sites for hydroxylation is 2. The molecule has 0 saturated carbocycles. The molecule has 0 aliphatic carbocycles. The first kappa shape index (κ1) is 21.4. The lowest BCUT2D eigenvalue weighted by Gasteiger charge is -2.18. The Bertz CT molecular complexity index is 1000. The number of amides is 1. The number of nitrogens with zero attached hydrogens (tertiary/aromatic N) is 3. The highest BCUT2D eigenvalue weighted by atomic mass is 79.9. The molecule has 0 radical (unpaired) electrons. The number of rotatable bonds is 7. The molecule has 2 aromatic carbocycles. The summed E-state index contributed by atoms with van der Waals surface area (Å²) in [5.41, 5.74) is 3.66. The van der Waals surface area contributed by atoms with Crippen molar-refractivity contribution in [2.45, 2.75) is 33.5 Å². The van der Waals surface area contributed by atoms with Gasteiger partial charge in [-0.25, -0.2) is 0 Å². The predicted octanol–water partition coefficient (Wildman–Crippen LogP) is 5.48. The highest BCUT2D eigenvalue weighted by Gasteiger charge is 2.16. The van der Waals surface area contributed by atoms with Crippen LogP contribution in [0.4, 0.5) is 0 Å². The van der Waals surface area contributed by atoms with Gasteiger partial charge in [-0.3, -0.25) is 9.48 Å². The molecule has 5 nitrogen and oxygen atoms in total. The quantitative estimate of drug-likeness (QED) is 0.454. The minimum atomic E-state index is -0.0463. The van der Waals surface area contributed by atoms with Gasteiger partial charge >= 0.3 is 0 Å². The molecule has 29 heavy (non-hydrogen) atoms. The molecular weight excluding hydrogens is 454 g/mol. The van der Waals surface area contributed by atoms with Crippen molar-refractivity contribution in [2.24, 2.45) is 0 Å². The third-order valence-electron chi connectivity index (χ3n) is 4.61. The minimum absolute atomic E-state index is 0.0463. The van der Waals surface area contributed by atoms with Crippen molar-refractivity contribution in [1.29, 1.82) is 0 Å². The zero-order valence-electron chi connectivity index (χ0n) is 16.7. The number of carbonyl (C=O) groups is 1. The second-order valence-electron chi connectivity index (χ2n) is 6.84. The topological polar surface area (TPSA) is 47.4 Å². The summed E-state index contributed by atoms with van der Waals surface area (Å²) in [7, 11) is 1.79. The van der Waals surface area contributed by atoms with Gasteiger partial charge in [0.15, 0.2) is 0 Å². The van der Waals surface area contributed by atoms with Gasteiger partial charge < -0.3 is 9.64 Å². The molecule has 152 valence electrons. The highest BCUT2D eigenvalue weighted by Crippen LogP contribution is 2.26. The fourth-order valence-corrected chi connectivity index (χ4v) is 3.55. The number of aromatic nitrogens is 2. The van der Waals surface area contributed by atoms with Gasteiger partial charge in [-0.05, 0) is 65.2 Å². The zero-order chi connectivity index (χ0) is 21.0. The number of halogens is 2. The molecule has 0 fully saturated rings. The van der Waals surface area contributed by atoms with E-state index in [-0.39, 0.29) is 5.91 Å². The lowest BCUT2D eigenvalue weighted by molar-refractivity contribution is 0.0781. The van der Waals surface area contributed by atoms with Crippen molar-refractivity contribution in [3.8, 4) is 5.75 Å². The Labute approximate surface area is 184 Å². The number of hydrogen-bond donors (Lipinski definition) is 0. The van der Waals surface area contributed by atoms with E-state index in [1.54, 1.807) is 18.1 Å². The van der Waals surface area contributed by atoms with Crippen molar-refractivity contribution < 1.29 is 9.53 Å². The fourth-order valence-electron chi connectivity index (χ4n) is 2.96. The van der Waals surface area contributed by atoms with Crippen molar-refractivity contribution in [3.05, 3.63) is 80.5 Å². The molecule has 0 spiro atoms. The van der Waals surface area contributed by atoms with Crippen LogP contribution in [0.5, 0.6) is 5.75 Å². The average Bonchev–Trinajstić information content (AvgIpc) is 3.08. The monoisotopic (exact) mass is 475 g/mol. The molecule has 0 aliphatic rings. The van der Waals surface area contributed by atoms with Crippen molar-refractivity contribution in [3.63, 3.8) is 0 Å². The number of carbonyl (C=O) groups excluding carboxylic acids is 1. The summed E-state index contributed by atoms with van der Waals surface area (Å²) in [4.78, 5) is 14.5. The van der Waals surface area contributed by atoms with Gasteiger partial charge in [-0.1, -0.05) is 29.8 Å². The molecular formula is C22H23BrClN3O2. The normalized spacial score (nSPS) is 10.8. The number of hydrogen-bond acceptors (Lipinski definition) is 3. The number of ether oxygens (including phenoxy) is 1. The van der Waals surface area contributed by atoms with E-state index >= 15 is 0 Å². The third kappa shape index (κ3) is 5.19. The molecule has 0 saturated heterocycles. The maximum absolute atomic E-state index is 12.8. The van der Waals surface area contributed by atoms with Gasteiger partial charge in [-0.15, -0.1) is 0 Å². The van der Waals surface area contributed by atoms with Gasteiger partial charge in [0.1, 0.15) is 12.4 Å². The van der Waals surface area contributed by atoms with E-state index in [4.69, 9.17) is 16.3 Å². The third-order valence-corrected chi connectivity index (χ3v) is 5.59. The van der Waals surface area contributed by atoms with Crippen LogP contribution in [0, 0.1) is 6.92 Å².